The molecule has 0 spiro atoms. The molecule has 5 nitrogen and oxygen atoms in total. The number of hydrogen-bond acceptors (Lipinski definition) is 2. The van der Waals surface area contributed by atoms with Crippen molar-refractivity contribution in [3.63, 3.8) is 0 Å². The van der Waals surface area contributed by atoms with Crippen LogP contribution in [0.5, 0.6) is 0 Å². The molecular weight excluding hydrogens is 182 g/mol. The summed E-state index contributed by atoms with van der Waals surface area (Å²) in [6.45, 7) is 0. The SMILES string of the molecule is CN1C(=O)NC(=O)/C1=C/c1ccc[nH]1. The van der Waals surface area contributed by atoms with E-state index in [9.17, 15) is 9.59 Å². The van der Waals surface area contributed by atoms with Gasteiger partial charge in [-0.2, -0.15) is 0 Å². The third kappa shape index (κ3) is 1.28. The first kappa shape index (κ1) is 8.55. The Bertz CT molecular complexity index is 406. The van der Waals surface area contributed by atoms with Crippen LogP contribution in [0, 0.1) is 0 Å². The highest BCUT2D eigenvalue weighted by Gasteiger charge is 2.29. The molecule has 1 saturated heterocycles. The van der Waals surface area contributed by atoms with Gasteiger partial charge >= 0.3 is 6.03 Å². The van der Waals surface area contributed by atoms with Crippen LogP contribution in [-0.4, -0.2) is 28.9 Å². The first-order chi connectivity index (χ1) is 6.68. The fraction of sp³-hybridized carbons (Fsp3) is 0.111. The summed E-state index contributed by atoms with van der Waals surface area (Å²) in [7, 11) is 1.55. The summed E-state index contributed by atoms with van der Waals surface area (Å²) in [6.07, 6.45) is 3.38. The second kappa shape index (κ2) is 3.02. The predicted molar refractivity (Wildman–Crippen MR) is 50.1 cm³/mol. The number of nitrogens with zero attached hydrogens (tertiary/aromatic N) is 1. The third-order valence-corrected chi connectivity index (χ3v) is 2.03. The van der Waals surface area contributed by atoms with E-state index in [0.29, 0.717) is 5.70 Å². The number of carbonyl (C=O) groups excluding carboxylic acids is 2. The maximum absolute atomic E-state index is 11.3. The van der Waals surface area contributed by atoms with Crippen molar-refractivity contribution < 1.29 is 9.59 Å². The van der Waals surface area contributed by atoms with Gasteiger partial charge in [-0.1, -0.05) is 0 Å². The molecule has 2 N–H and O–H groups in total. The summed E-state index contributed by atoms with van der Waals surface area (Å²) in [6, 6.07) is 3.24. The smallest absolute Gasteiger partial charge is 0.328 e. The highest BCUT2D eigenvalue weighted by Crippen LogP contribution is 2.13. The van der Waals surface area contributed by atoms with Crippen LogP contribution in [-0.2, 0) is 4.79 Å². The van der Waals surface area contributed by atoms with Gasteiger partial charge in [-0.25, -0.2) is 4.79 Å². The molecule has 0 radical (unpaired) electrons. The number of aromatic amines is 1. The predicted octanol–water partition coefficient (Wildman–Crippen LogP) is 0.537. The number of amides is 3. The van der Waals surface area contributed by atoms with Crippen LogP contribution in [0.25, 0.3) is 6.08 Å². The van der Waals surface area contributed by atoms with Gasteiger partial charge < -0.3 is 4.98 Å². The standard InChI is InChI=1S/C9H9N3O2/c1-12-7(8(13)11-9(12)14)5-6-3-2-4-10-6/h2-5,10H,1H3,(H,11,13,14)/b7-5-. The van der Waals surface area contributed by atoms with Gasteiger partial charge in [-0.15, -0.1) is 0 Å². The molecule has 0 unspecified atom stereocenters. The number of urea groups is 1. The minimum atomic E-state index is -0.396. The second-order valence-corrected chi connectivity index (χ2v) is 2.97. The number of likely N-dealkylation sites (N-methyl/N-ethyl adjacent to an activating group) is 1. The fourth-order valence-electron chi connectivity index (χ4n) is 1.25. The van der Waals surface area contributed by atoms with Crippen molar-refractivity contribution in [3.8, 4) is 0 Å². The summed E-state index contributed by atoms with van der Waals surface area (Å²) < 4.78 is 0. The van der Waals surface area contributed by atoms with Gasteiger partial charge in [0.05, 0.1) is 0 Å². The Morgan fingerprint density at radius 1 is 1.43 bits per heavy atom. The van der Waals surface area contributed by atoms with E-state index in [-0.39, 0.29) is 5.91 Å². The molecule has 5 heteroatoms. The van der Waals surface area contributed by atoms with E-state index >= 15 is 0 Å². The molecule has 0 aromatic carbocycles. The Morgan fingerprint density at radius 3 is 2.71 bits per heavy atom. The zero-order chi connectivity index (χ0) is 10.1. The van der Waals surface area contributed by atoms with Crippen LogP contribution in [0.2, 0.25) is 0 Å². The number of rotatable bonds is 1. The quantitative estimate of drug-likeness (QED) is 0.502. The molecule has 2 rings (SSSR count). The van der Waals surface area contributed by atoms with Crippen LogP contribution in [0.1, 0.15) is 5.69 Å². The molecule has 1 aromatic rings. The van der Waals surface area contributed by atoms with Crippen molar-refractivity contribution in [3.05, 3.63) is 29.7 Å². The molecule has 0 bridgehead atoms. The first-order valence-electron chi connectivity index (χ1n) is 4.12. The van der Waals surface area contributed by atoms with Crippen LogP contribution in [0.3, 0.4) is 0 Å². The number of H-pyrrole nitrogens is 1. The van der Waals surface area contributed by atoms with Gasteiger partial charge in [0.1, 0.15) is 5.70 Å². The summed E-state index contributed by atoms with van der Waals surface area (Å²) in [5, 5.41) is 2.19. The van der Waals surface area contributed by atoms with Crippen LogP contribution >= 0.6 is 0 Å². The van der Waals surface area contributed by atoms with Gasteiger partial charge in [0.25, 0.3) is 5.91 Å². The van der Waals surface area contributed by atoms with E-state index in [2.05, 4.69) is 10.3 Å². The average Bonchev–Trinajstić information content (AvgIpc) is 2.71. The van der Waals surface area contributed by atoms with Gasteiger partial charge in [0.15, 0.2) is 0 Å². The summed E-state index contributed by atoms with van der Waals surface area (Å²) in [5.74, 6) is -0.368. The number of aromatic nitrogens is 1. The lowest BCUT2D eigenvalue weighted by atomic mass is 10.3. The zero-order valence-electron chi connectivity index (χ0n) is 7.57. The van der Waals surface area contributed by atoms with Crippen molar-refractivity contribution in [2.45, 2.75) is 0 Å². The fourth-order valence-corrected chi connectivity index (χ4v) is 1.25. The Balaban J connectivity index is 2.34. The van der Waals surface area contributed by atoms with Crippen molar-refractivity contribution >= 4 is 18.0 Å². The molecule has 0 saturated carbocycles. The monoisotopic (exact) mass is 191 g/mol. The molecule has 72 valence electrons. The van der Waals surface area contributed by atoms with Crippen molar-refractivity contribution in [1.29, 1.82) is 0 Å². The Labute approximate surface area is 80.4 Å². The topological polar surface area (TPSA) is 65.2 Å². The Kier molecular flexibility index (Phi) is 1.85. The zero-order valence-corrected chi connectivity index (χ0v) is 7.57. The number of nitrogens with one attached hydrogen (secondary N) is 2. The number of imide groups is 1. The highest BCUT2D eigenvalue weighted by atomic mass is 16.2. The van der Waals surface area contributed by atoms with E-state index in [1.54, 1.807) is 19.3 Å². The molecular formula is C9H9N3O2. The lowest BCUT2D eigenvalue weighted by Crippen LogP contribution is -2.24. The average molecular weight is 191 g/mol. The van der Waals surface area contributed by atoms with Crippen LogP contribution in [0.4, 0.5) is 4.79 Å². The van der Waals surface area contributed by atoms with Crippen LogP contribution in [0.15, 0.2) is 24.0 Å². The summed E-state index contributed by atoms with van der Waals surface area (Å²) >= 11 is 0. The van der Waals surface area contributed by atoms with Crippen LogP contribution < -0.4 is 5.32 Å². The molecule has 14 heavy (non-hydrogen) atoms. The van der Waals surface area contributed by atoms with Crippen molar-refractivity contribution in [2.24, 2.45) is 0 Å². The summed E-state index contributed by atoms with van der Waals surface area (Å²) in [4.78, 5) is 26.5. The molecule has 1 aromatic heterocycles. The van der Waals surface area contributed by atoms with Crippen molar-refractivity contribution in [2.75, 3.05) is 7.05 Å². The second-order valence-electron chi connectivity index (χ2n) is 2.97. The van der Waals surface area contributed by atoms with E-state index in [0.717, 1.165) is 5.69 Å². The lowest BCUT2D eigenvalue weighted by molar-refractivity contribution is -0.115. The number of carbonyl (C=O) groups is 2. The summed E-state index contributed by atoms with van der Waals surface area (Å²) in [5.41, 5.74) is 1.13. The molecule has 1 aliphatic rings. The molecule has 2 heterocycles. The third-order valence-electron chi connectivity index (χ3n) is 2.03. The minimum absolute atomic E-state index is 0.345. The minimum Gasteiger partial charge on any atom is -0.362 e. The largest absolute Gasteiger partial charge is 0.362 e. The molecule has 0 aliphatic carbocycles. The van der Waals surface area contributed by atoms with Gasteiger partial charge in [0, 0.05) is 18.9 Å². The van der Waals surface area contributed by atoms with E-state index in [1.807, 2.05) is 12.1 Å². The molecule has 3 amide bonds. The lowest BCUT2D eigenvalue weighted by Gasteiger charge is -2.05. The van der Waals surface area contributed by atoms with Crippen molar-refractivity contribution in [1.82, 2.24) is 15.2 Å². The number of hydrogen-bond donors (Lipinski definition) is 2. The van der Waals surface area contributed by atoms with Gasteiger partial charge in [0.2, 0.25) is 0 Å². The molecule has 1 fully saturated rings. The Hall–Kier alpha value is -2.04. The van der Waals surface area contributed by atoms with E-state index in [1.165, 1.54) is 4.90 Å². The highest BCUT2D eigenvalue weighted by molar-refractivity contribution is 6.13. The first-order valence-corrected chi connectivity index (χ1v) is 4.12. The molecule has 0 atom stereocenters. The van der Waals surface area contributed by atoms with E-state index < -0.39 is 6.03 Å². The Morgan fingerprint density at radius 2 is 2.21 bits per heavy atom. The van der Waals surface area contributed by atoms with Gasteiger partial charge in [-0.3, -0.25) is 15.0 Å². The normalized spacial score (nSPS) is 19.2. The maximum Gasteiger partial charge on any atom is 0.328 e. The molecule has 1 aliphatic heterocycles. The van der Waals surface area contributed by atoms with E-state index in [4.69, 9.17) is 0 Å². The maximum atomic E-state index is 11.3. The van der Waals surface area contributed by atoms with Gasteiger partial charge in [-0.05, 0) is 18.2 Å².